The molecule has 1 rings (SSSR count). The summed E-state index contributed by atoms with van der Waals surface area (Å²) in [5, 5.41) is 10.3. The molecule has 0 aliphatic carbocycles. The van der Waals surface area contributed by atoms with Gasteiger partial charge in [-0.15, -0.1) is 0 Å². The fourth-order valence-electron chi connectivity index (χ4n) is 1.30. The van der Waals surface area contributed by atoms with Crippen molar-refractivity contribution in [2.45, 2.75) is 6.92 Å². The van der Waals surface area contributed by atoms with E-state index in [1.807, 2.05) is 21.0 Å². The predicted octanol–water partition coefficient (Wildman–Crippen LogP) is 2.42. The van der Waals surface area contributed by atoms with E-state index < -0.39 is 0 Å². The Labute approximate surface area is 101 Å². The average molecular weight is 241 g/mol. The number of aliphatic imine (C=N–C) groups is 1. The van der Waals surface area contributed by atoms with Crippen molar-refractivity contribution in [2.24, 2.45) is 4.99 Å². The van der Waals surface area contributed by atoms with Crippen LogP contribution >= 0.6 is 11.6 Å². The van der Waals surface area contributed by atoms with Crippen LogP contribution in [-0.4, -0.2) is 42.9 Å². The maximum Gasteiger partial charge on any atom is 0.124 e. The molecule has 4 heteroatoms. The Bertz CT molecular complexity index is 389. The summed E-state index contributed by atoms with van der Waals surface area (Å²) in [6.45, 7) is 3.48. The molecule has 0 atom stereocenters. The highest BCUT2D eigenvalue weighted by Gasteiger charge is 2.04. The fourth-order valence-corrected chi connectivity index (χ4v) is 1.47. The summed E-state index contributed by atoms with van der Waals surface area (Å²) in [5.41, 5.74) is 1.51. The summed E-state index contributed by atoms with van der Waals surface area (Å²) in [7, 11) is 4.00. The van der Waals surface area contributed by atoms with Gasteiger partial charge in [-0.25, -0.2) is 0 Å². The molecular weight excluding hydrogens is 224 g/mol. The van der Waals surface area contributed by atoms with Crippen molar-refractivity contribution < 1.29 is 5.11 Å². The third-order valence-corrected chi connectivity index (χ3v) is 2.48. The Balaban J connectivity index is 2.79. The van der Waals surface area contributed by atoms with E-state index in [1.54, 1.807) is 18.2 Å². The second-order valence-corrected chi connectivity index (χ2v) is 4.37. The minimum atomic E-state index is 0.218. The molecular formula is C12H17ClN2O. The average Bonchev–Trinajstić information content (AvgIpc) is 2.21. The number of phenolic OH excluding ortho intramolecular Hbond substituents is 1. The number of benzene rings is 1. The molecule has 0 saturated carbocycles. The first-order valence-electron chi connectivity index (χ1n) is 5.15. The molecule has 0 spiro atoms. The summed E-state index contributed by atoms with van der Waals surface area (Å²) in [4.78, 5) is 6.46. The summed E-state index contributed by atoms with van der Waals surface area (Å²) >= 11 is 5.87. The van der Waals surface area contributed by atoms with E-state index in [-0.39, 0.29) is 5.75 Å². The van der Waals surface area contributed by atoms with Gasteiger partial charge in [0.2, 0.25) is 0 Å². The van der Waals surface area contributed by atoms with Crippen molar-refractivity contribution in [3.8, 4) is 5.75 Å². The smallest absolute Gasteiger partial charge is 0.124 e. The summed E-state index contributed by atoms with van der Waals surface area (Å²) in [6.07, 6.45) is 0. The standard InChI is InChI=1S/C12H17ClN2O/c1-9(14-6-7-15(2)3)11-8-10(13)4-5-12(11)16/h4-5,8,16H,6-7H2,1-3H3. The third-order valence-electron chi connectivity index (χ3n) is 2.24. The van der Waals surface area contributed by atoms with Crippen molar-refractivity contribution in [2.75, 3.05) is 27.2 Å². The predicted molar refractivity (Wildman–Crippen MR) is 68.7 cm³/mol. The van der Waals surface area contributed by atoms with E-state index in [2.05, 4.69) is 9.89 Å². The first-order chi connectivity index (χ1) is 7.50. The second-order valence-electron chi connectivity index (χ2n) is 3.93. The minimum absolute atomic E-state index is 0.218. The molecule has 0 amide bonds. The molecule has 1 aromatic carbocycles. The van der Waals surface area contributed by atoms with Crippen molar-refractivity contribution in [1.29, 1.82) is 0 Å². The highest BCUT2D eigenvalue weighted by atomic mass is 35.5. The zero-order valence-electron chi connectivity index (χ0n) is 9.87. The van der Waals surface area contributed by atoms with Crippen LogP contribution in [0.2, 0.25) is 5.02 Å². The highest BCUT2D eigenvalue weighted by Crippen LogP contribution is 2.22. The number of phenols is 1. The number of halogens is 1. The first kappa shape index (κ1) is 13.0. The molecule has 0 saturated heterocycles. The van der Waals surface area contributed by atoms with E-state index in [9.17, 15) is 5.11 Å². The van der Waals surface area contributed by atoms with E-state index in [0.29, 0.717) is 17.1 Å². The number of nitrogens with zero attached hydrogens (tertiary/aromatic N) is 2. The van der Waals surface area contributed by atoms with Gasteiger partial charge in [0.15, 0.2) is 0 Å². The number of hydrogen-bond acceptors (Lipinski definition) is 3. The molecule has 0 bridgehead atoms. The van der Waals surface area contributed by atoms with Gasteiger partial charge >= 0.3 is 0 Å². The summed E-state index contributed by atoms with van der Waals surface area (Å²) < 4.78 is 0. The molecule has 16 heavy (non-hydrogen) atoms. The van der Waals surface area contributed by atoms with Gasteiger partial charge in [0, 0.05) is 22.8 Å². The lowest BCUT2D eigenvalue weighted by molar-refractivity contribution is 0.420. The molecule has 1 N–H and O–H groups in total. The van der Waals surface area contributed by atoms with Crippen molar-refractivity contribution in [1.82, 2.24) is 4.90 Å². The van der Waals surface area contributed by atoms with Crippen LogP contribution in [0.1, 0.15) is 12.5 Å². The van der Waals surface area contributed by atoms with Crippen molar-refractivity contribution in [3.63, 3.8) is 0 Å². The molecule has 0 heterocycles. The van der Waals surface area contributed by atoms with Crippen LogP contribution in [0.4, 0.5) is 0 Å². The van der Waals surface area contributed by atoms with Crippen LogP contribution in [0.25, 0.3) is 0 Å². The lowest BCUT2D eigenvalue weighted by Gasteiger charge is -2.08. The second kappa shape index (κ2) is 5.87. The molecule has 0 aliphatic heterocycles. The van der Waals surface area contributed by atoms with Crippen molar-refractivity contribution >= 4 is 17.3 Å². The van der Waals surface area contributed by atoms with Gasteiger partial charge in [-0.1, -0.05) is 11.6 Å². The number of likely N-dealkylation sites (N-methyl/N-ethyl adjacent to an activating group) is 1. The Morgan fingerprint density at radius 3 is 2.75 bits per heavy atom. The molecule has 1 aromatic rings. The number of rotatable bonds is 4. The van der Waals surface area contributed by atoms with Gasteiger partial charge in [-0.05, 0) is 39.2 Å². The summed E-state index contributed by atoms with van der Waals surface area (Å²) in [6, 6.07) is 4.97. The minimum Gasteiger partial charge on any atom is -0.507 e. The van der Waals surface area contributed by atoms with Crippen LogP contribution in [0.5, 0.6) is 5.75 Å². The first-order valence-corrected chi connectivity index (χ1v) is 5.53. The SMILES string of the molecule is CC(=NCCN(C)C)c1cc(Cl)ccc1O. The molecule has 0 radical (unpaired) electrons. The topological polar surface area (TPSA) is 35.8 Å². The van der Waals surface area contributed by atoms with Crippen LogP contribution in [-0.2, 0) is 0 Å². The van der Waals surface area contributed by atoms with E-state index >= 15 is 0 Å². The molecule has 0 aliphatic rings. The third kappa shape index (κ3) is 3.83. The van der Waals surface area contributed by atoms with Crippen molar-refractivity contribution in [3.05, 3.63) is 28.8 Å². The molecule has 0 unspecified atom stereocenters. The van der Waals surface area contributed by atoms with Gasteiger partial charge < -0.3 is 10.0 Å². The van der Waals surface area contributed by atoms with E-state index in [0.717, 1.165) is 12.3 Å². The fraction of sp³-hybridized carbons (Fsp3) is 0.417. The Kier molecular flexibility index (Phi) is 4.77. The lowest BCUT2D eigenvalue weighted by atomic mass is 10.1. The van der Waals surface area contributed by atoms with Gasteiger partial charge in [-0.2, -0.15) is 0 Å². The normalized spacial score (nSPS) is 12.2. The van der Waals surface area contributed by atoms with E-state index in [4.69, 9.17) is 11.6 Å². The van der Waals surface area contributed by atoms with Crippen LogP contribution in [0.15, 0.2) is 23.2 Å². The van der Waals surface area contributed by atoms with Gasteiger partial charge in [0.1, 0.15) is 5.75 Å². The quantitative estimate of drug-likeness (QED) is 0.821. The lowest BCUT2D eigenvalue weighted by Crippen LogP contribution is -2.16. The summed E-state index contributed by atoms with van der Waals surface area (Å²) in [5.74, 6) is 0.218. The highest BCUT2D eigenvalue weighted by molar-refractivity contribution is 6.31. The van der Waals surface area contributed by atoms with E-state index in [1.165, 1.54) is 0 Å². The zero-order chi connectivity index (χ0) is 12.1. The maximum atomic E-state index is 9.66. The van der Waals surface area contributed by atoms with Gasteiger partial charge in [-0.3, -0.25) is 4.99 Å². The Morgan fingerprint density at radius 2 is 2.12 bits per heavy atom. The van der Waals surface area contributed by atoms with Gasteiger partial charge in [0.05, 0.1) is 6.54 Å². The van der Waals surface area contributed by atoms with Crippen LogP contribution in [0, 0.1) is 0 Å². The molecule has 3 nitrogen and oxygen atoms in total. The Morgan fingerprint density at radius 1 is 1.44 bits per heavy atom. The largest absolute Gasteiger partial charge is 0.507 e. The Hall–Kier alpha value is -1.06. The van der Waals surface area contributed by atoms with Gasteiger partial charge in [0.25, 0.3) is 0 Å². The van der Waals surface area contributed by atoms with Crippen LogP contribution in [0.3, 0.4) is 0 Å². The van der Waals surface area contributed by atoms with Crippen LogP contribution < -0.4 is 0 Å². The molecule has 0 aromatic heterocycles. The molecule has 88 valence electrons. The number of hydrogen-bond donors (Lipinski definition) is 1. The monoisotopic (exact) mass is 240 g/mol. The maximum absolute atomic E-state index is 9.66. The zero-order valence-corrected chi connectivity index (χ0v) is 10.6. The molecule has 0 fully saturated rings. The number of aromatic hydroxyl groups is 1.